The molecule has 3 heterocycles. The number of nitrogens with zero attached hydrogens (tertiary/aromatic N) is 3. The summed E-state index contributed by atoms with van der Waals surface area (Å²) in [4.78, 5) is 14.9. The molecule has 0 aliphatic carbocycles. The monoisotopic (exact) mass is 391 g/mol. The maximum absolute atomic E-state index is 12.8. The summed E-state index contributed by atoms with van der Waals surface area (Å²) < 4.78 is 34.3. The van der Waals surface area contributed by atoms with Crippen LogP contribution in [0.1, 0.15) is 25.8 Å². The number of morpholine rings is 1. The summed E-state index contributed by atoms with van der Waals surface area (Å²) in [6, 6.07) is 6.70. The van der Waals surface area contributed by atoms with Gasteiger partial charge in [0.2, 0.25) is 15.9 Å². The number of sulfonamides is 1. The van der Waals surface area contributed by atoms with E-state index >= 15 is 0 Å². The van der Waals surface area contributed by atoms with Gasteiger partial charge in [-0.15, -0.1) is 0 Å². The molecule has 1 aromatic carbocycles. The van der Waals surface area contributed by atoms with Gasteiger partial charge in [0.1, 0.15) is 6.04 Å². The van der Waals surface area contributed by atoms with Gasteiger partial charge in [-0.25, -0.2) is 8.42 Å². The summed E-state index contributed by atoms with van der Waals surface area (Å²) >= 11 is 0. The molecule has 1 amide bonds. The highest BCUT2D eigenvalue weighted by Crippen LogP contribution is 2.27. The van der Waals surface area contributed by atoms with Crippen molar-refractivity contribution in [3.05, 3.63) is 30.5 Å². The Morgan fingerprint density at radius 3 is 2.48 bits per heavy atom. The van der Waals surface area contributed by atoms with Gasteiger partial charge in [-0.1, -0.05) is 0 Å². The van der Waals surface area contributed by atoms with E-state index in [1.165, 1.54) is 0 Å². The zero-order valence-corrected chi connectivity index (χ0v) is 16.3. The van der Waals surface area contributed by atoms with E-state index in [2.05, 4.69) is 0 Å². The lowest BCUT2D eigenvalue weighted by molar-refractivity contribution is -0.138. The van der Waals surface area contributed by atoms with Crippen molar-refractivity contribution in [2.75, 3.05) is 39.4 Å². The van der Waals surface area contributed by atoms with Gasteiger partial charge in [0, 0.05) is 43.3 Å². The van der Waals surface area contributed by atoms with E-state index in [-0.39, 0.29) is 11.9 Å². The van der Waals surface area contributed by atoms with Crippen molar-refractivity contribution in [3.63, 3.8) is 0 Å². The predicted molar refractivity (Wildman–Crippen MR) is 102 cm³/mol. The quantitative estimate of drug-likeness (QED) is 0.797. The molecule has 27 heavy (non-hydrogen) atoms. The smallest absolute Gasteiger partial charge is 0.245 e. The molecule has 2 fully saturated rings. The van der Waals surface area contributed by atoms with Crippen molar-refractivity contribution in [1.82, 2.24) is 13.8 Å². The Bertz CT molecular complexity index is 941. The van der Waals surface area contributed by atoms with Crippen molar-refractivity contribution in [2.24, 2.45) is 0 Å². The average molecular weight is 391 g/mol. The van der Waals surface area contributed by atoms with Gasteiger partial charge >= 0.3 is 0 Å². The van der Waals surface area contributed by atoms with Crippen LogP contribution in [-0.2, 0) is 19.6 Å². The number of rotatable bonds is 4. The Hall–Kier alpha value is -1.90. The van der Waals surface area contributed by atoms with Crippen molar-refractivity contribution in [1.29, 1.82) is 0 Å². The van der Waals surface area contributed by atoms with E-state index in [4.69, 9.17) is 4.74 Å². The molecule has 8 heteroatoms. The maximum atomic E-state index is 12.8. The summed E-state index contributed by atoms with van der Waals surface area (Å²) in [5.74, 6) is 0.0598. The highest BCUT2D eigenvalue weighted by atomic mass is 32.2. The molecule has 7 nitrogen and oxygen atoms in total. The number of benzene rings is 1. The number of carbonyl (C=O) groups is 1. The third-order valence-corrected chi connectivity index (χ3v) is 7.39. The minimum absolute atomic E-state index is 0.0598. The molecule has 0 bridgehead atoms. The summed E-state index contributed by atoms with van der Waals surface area (Å²) in [5.41, 5.74) is 0.865. The predicted octanol–water partition coefficient (Wildman–Crippen LogP) is 1.85. The van der Waals surface area contributed by atoms with Crippen LogP contribution in [0.2, 0.25) is 0 Å². The number of carbonyl (C=O) groups excluding carboxylic acids is 1. The van der Waals surface area contributed by atoms with Crippen LogP contribution < -0.4 is 0 Å². The molecule has 4 rings (SSSR count). The molecular weight excluding hydrogens is 366 g/mol. The van der Waals surface area contributed by atoms with Crippen LogP contribution in [0.5, 0.6) is 0 Å². The highest BCUT2D eigenvalue weighted by Gasteiger charge is 2.28. The molecule has 0 unspecified atom stereocenters. The van der Waals surface area contributed by atoms with Crippen LogP contribution in [0.25, 0.3) is 10.9 Å². The SMILES string of the molecule is C[C@@H](C(=O)N1CCOCC1)n1ccc2cc(S(=O)(=O)N3CCCC3)ccc21. The van der Waals surface area contributed by atoms with Gasteiger partial charge in [0.05, 0.1) is 18.1 Å². The number of hydrogen-bond acceptors (Lipinski definition) is 4. The Morgan fingerprint density at radius 2 is 1.78 bits per heavy atom. The van der Waals surface area contributed by atoms with Crippen molar-refractivity contribution < 1.29 is 17.9 Å². The summed E-state index contributed by atoms with van der Waals surface area (Å²) in [6.45, 7) is 5.43. The zero-order chi connectivity index (χ0) is 19.0. The molecule has 0 spiro atoms. The second kappa shape index (κ2) is 7.26. The molecule has 0 radical (unpaired) electrons. The fraction of sp³-hybridized carbons (Fsp3) is 0.526. The summed E-state index contributed by atoms with van der Waals surface area (Å²) in [7, 11) is -3.44. The van der Waals surface area contributed by atoms with Gasteiger partial charge in [-0.2, -0.15) is 4.31 Å². The Kier molecular flexibility index (Phi) is 4.96. The van der Waals surface area contributed by atoms with Gasteiger partial charge < -0.3 is 14.2 Å². The average Bonchev–Trinajstić information content (AvgIpc) is 3.37. The van der Waals surface area contributed by atoms with Crippen LogP contribution in [0, 0.1) is 0 Å². The molecule has 2 aromatic rings. The first-order valence-corrected chi connectivity index (χ1v) is 10.9. The van der Waals surface area contributed by atoms with E-state index in [1.54, 1.807) is 22.5 Å². The van der Waals surface area contributed by atoms with E-state index in [0.29, 0.717) is 44.3 Å². The van der Waals surface area contributed by atoms with Crippen LogP contribution >= 0.6 is 0 Å². The minimum Gasteiger partial charge on any atom is -0.378 e. The van der Waals surface area contributed by atoms with Crippen molar-refractivity contribution >= 4 is 26.8 Å². The first-order chi connectivity index (χ1) is 13.0. The molecule has 0 N–H and O–H groups in total. The maximum Gasteiger partial charge on any atom is 0.245 e. The number of ether oxygens (including phenoxy) is 1. The molecular formula is C19H25N3O4S. The molecule has 2 aliphatic heterocycles. The molecule has 2 saturated heterocycles. The Labute approximate surface area is 159 Å². The highest BCUT2D eigenvalue weighted by molar-refractivity contribution is 7.89. The summed E-state index contributed by atoms with van der Waals surface area (Å²) in [6.07, 6.45) is 3.69. The fourth-order valence-electron chi connectivity index (χ4n) is 3.88. The van der Waals surface area contributed by atoms with Crippen LogP contribution in [0.15, 0.2) is 35.4 Å². The topological polar surface area (TPSA) is 71.8 Å². The van der Waals surface area contributed by atoms with Crippen LogP contribution in [0.3, 0.4) is 0 Å². The van der Waals surface area contributed by atoms with E-state index in [9.17, 15) is 13.2 Å². The molecule has 1 aromatic heterocycles. The second-order valence-corrected chi connectivity index (χ2v) is 9.11. The second-order valence-electron chi connectivity index (χ2n) is 7.17. The van der Waals surface area contributed by atoms with Crippen LogP contribution in [0.4, 0.5) is 0 Å². The fourth-order valence-corrected chi connectivity index (χ4v) is 5.44. The standard InChI is InChI=1S/C19H25N3O4S/c1-15(19(23)20-10-12-26-13-11-20)22-9-6-16-14-17(4-5-18(16)22)27(24,25)21-7-2-3-8-21/h4-6,9,14-15H,2-3,7-8,10-13H2,1H3/t15-/m0/s1. The number of aromatic nitrogens is 1. The van der Waals surface area contributed by atoms with E-state index in [1.807, 2.05) is 28.7 Å². The molecule has 2 aliphatic rings. The van der Waals surface area contributed by atoms with Gasteiger partial charge in [0.15, 0.2) is 0 Å². The van der Waals surface area contributed by atoms with Gasteiger partial charge in [-0.05, 0) is 44.0 Å². The minimum atomic E-state index is -3.44. The van der Waals surface area contributed by atoms with E-state index < -0.39 is 10.0 Å². The summed E-state index contributed by atoms with van der Waals surface area (Å²) in [5, 5.41) is 0.830. The number of fused-ring (bicyclic) bond motifs is 1. The molecule has 1 atom stereocenters. The molecule has 0 saturated carbocycles. The third kappa shape index (κ3) is 3.37. The van der Waals surface area contributed by atoms with E-state index in [0.717, 1.165) is 23.7 Å². The van der Waals surface area contributed by atoms with Crippen molar-refractivity contribution in [3.8, 4) is 0 Å². The van der Waals surface area contributed by atoms with Gasteiger partial charge in [-0.3, -0.25) is 4.79 Å². The lowest BCUT2D eigenvalue weighted by Crippen LogP contribution is -2.43. The first-order valence-electron chi connectivity index (χ1n) is 9.46. The number of amides is 1. The van der Waals surface area contributed by atoms with Crippen LogP contribution in [-0.4, -0.2) is 67.5 Å². The van der Waals surface area contributed by atoms with Crippen molar-refractivity contribution in [2.45, 2.75) is 30.7 Å². The first kappa shape index (κ1) is 18.5. The Balaban J connectivity index is 1.61. The lowest BCUT2D eigenvalue weighted by atomic mass is 10.2. The normalized spacial score (nSPS) is 20.3. The molecule has 146 valence electrons. The Morgan fingerprint density at radius 1 is 1.07 bits per heavy atom. The number of hydrogen-bond donors (Lipinski definition) is 0. The largest absolute Gasteiger partial charge is 0.378 e. The van der Waals surface area contributed by atoms with Gasteiger partial charge in [0.25, 0.3) is 0 Å². The lowest BCUT2D eigenvalue weighted by Gasteiger charge is -2.30. The zero-order valence-electron chi connectivity index (χ0n) is 15.5. The third-order valence-electron chi connectivity index (χ3n) is 5.49.